The average Bonchev–Trinajstić information content (AvgIpc) is 3.27. The number of methoxy groups -OCH3 is 1. The van der Waals surface area contributed by atoms with Gasteiger partial charge in [0.15, 0.2) is 0 Å². The monoisotopic (exact) mass is 345 g/mol. The number of fused-ring (bicyclic) bond motifs is 2. The molecule has 0 amide bonds. The molecule has 4 rings (SSSR count). The van der Waals surface area contributed by atoms with E-state index in [0.29, 0.717) is 12.2 Å². The molecule has 6 heteroatoms. The van der Waals surface area contributed by atoms with E-state index >= 15 is 0 Å². The molecule has 0 bridgehead atoms. The Morgan fingerprint density at radius 1 is 1.15 bits per heavy atom. The van der Waals surface area contributed by atoms with Gasteiger partial charge in [-0.3, -0.25) is 5.10 Å². The van der Waals surface area contributed by atoms with Gasteiger partial charge in [0, 0.05) is 36.5 Å². The molecule has 0 spiro atoms. The first kappa shape index (κ1) is 16.3. The number of hydrogen-bond donors (Lipinski definition) is 3. The van der Waals surface area contributed by atoms with Gasteiger partial charge in [-0.2, -0.15) is 10.4 Å². The maximum absolute atomic E-state index is 9.03. The molecule has 0 aliphatic heterocycles. The minimum atomic E-state index is 0.620. The Bertz CT molecular complexity index is 1100. The number of hydrogen-bond acceptors (Lipinski definition) is 4. The van der Waals surface area contributed by atoms with Crippen molar-refractivity contribution in [1.82, 2.24) is 20.5 Å². The van der Waals surface area contributed by atoms with Gasteiger partial charge in [0.2, 0.25) is 0 Å². The quantitative estimate of drug-likeness (QED) is 0.468. The van der Waals surface area contributed by atoms with Crippen molar-refractivity contribution in [2.45, 2.75) is 6.54 Å². The third kappa shape index (κ3) is 3.06. The van der Waals surface area contributed by atoms with Gasteiger partial charge in [-0.25, -0.2) is 0 Å². The highest BCUT2D eigenvalue weighted by Gasteiger charge is 2.11. The zero-order valence-corrected chi connectivity index (χ0v) is 14.5. The number of nitrogens with zero attached hydrogens (tertiary/aromatic N) is 2. The van der Waals surface area contributed by atoms with Crippen LogP contribution in [0.3, 0.4) is 0 Å². The largest absolute Gasteiger partial charge is 0.383 e. The second-order valence-corrected chi connectivity index (χ2v) is 6.22. The van der Waals surface area contributed by atoms with E-state index in [0.717, 1.165) is 46.3 Å². The summed E-state index contributed by atoms with van der Waals surface area (Å²) in [6.45, 7) is 2.33. The SMILES string of the molecule is COCCNCc1ccc2cc(-c3n[nH]c4cc(C#N)ccc34)[nH]c2c1. The molecule has 0 fully saturated rings. The normalized spacial score (nSPS) is 11.2. The molecule has 0 radical (unpaired) electrons. The first-order valence-corrected chi connectivity index (χ1v) is 8.48. The van der Waals surface area contributed by atoms with Crippen molar-refractivity contribution in [3.63, 3.8) is 0 Å². The summed E-state index contributed by atoms with van der Waals surface area (Å²) in [6, 6.07) is 16.2. The minimum absolute atomic E-state index is 0.620. The van der Waals surface area contributed by atoms with Crippen molar-refractivity contribution < 1.29 is 4.74 Å². The standard InChI is InChI=1S/C20H19N5O/c1-26-7-6-22-12-14-2-4-15-10-19(23-17(15)9-14)20-16-5-3-13(11-21)8-18(16)24-25-20/h2-5,8-10,22-23H,6-7,12H2,1H3,(H,24,25). The van der Waals surface area contributed by atoms with Gasteiger partial charge in [0.25, 0.3) is 0 Å². The van der Waals surface area contributed by atoms with E-state index in [1.54, 1.807) is 7.11 Å². The number of aromatic amines is 2. The summed E-state index contributed by atoms with van der Waals surface area (Å²) in [4.78, 5) is 3.46. The molecule has 130 valence electrons. The predicted molar refractivity (Wildman–Crippen MR) is 102 cm³/mol. The molecule has 0 unspecified atom stereocenters. The molecule has 2 heterocycles. The lowest BCUT2D eigenvalue weighted by Crippen LogP contribution is -2.18. The maximum Gasteiger partial charge on any atom is 0.116 e. The minimum Gasteiger partial charge on any atom is -0.383 e. The van der Waals surface area contributed by atoms with Gasteiger partial charge >= 0.3 is 0 Å². The zero-order chi connectivity index (χ0) is 17.9. The number of nitriles is 1. The molecule has 2 aromatic carbocycles. The van der Waals surface area contributed by atoms with Crippen LogP contribution in [-0.4, -0.2) is 35.4 Å². The fourth-order valence-corrected chi connectivity index (χ4v) is 3.11. The van der Waals surface area contributed by atoms with E-state index in [-0.39, 0.29) is 0 Å². The van der Waals surface area contributed by atoms with Gasteiger partial charge in [0.05, 0.1) is 29.5 Å². The van der Waals surface area contributed by atoms with Crippen molar-refractivity contribution >= 4 is 21.8 Å². The Balaban J connectivity index is 1.64. The third-order valence-electron chi connectivity index (χ3n) is 4.45. The van der Waals surface area contributed by atoms with Crippen LogP contribution < -0.4 is 5.32 Å². The highest BCUT2D eigenvalue weighted by atomic mass is 16.5. The highest BCUT2D eigenvalue weighted by Crippen LogP contribution is 2.29. The van der Waals surface area contributed by atoms with Crippen LogP contribution in [0.4, 0.5) is 0 Å². The number of nitrogens with one attached hydrogen (secondary N) is 3. The van der Waals surface area contributed by atoms with E-state index in [2.05, 4.69) is 50.8 Å². The number of H-pyrrole nitrogens is 2. The Morgan fingerprint density at radius 3 is 2.92 bits per heavy atom. The molecular weight excluding hydrogens is 326 g/mol. The maximum atomic E-state index is 9.03. The Morgan fingerprint density at radius 2 is 2.08 bits per heavy atom. The Hall–Kier alpha value is -3.14. The van der Waals surface area contributed by atoms with E-state index in [4.69, 9.17) is 10.00 Å². The van der Waals surface area contributed by atoms with Crippen LogP contribution in [0.2, 0.25) is 0 Å². The van der Waals surface area contributed by atoms with Crippen LogP contribution in [-0.2, 0) is 11.3 Å². The second-order valence-electron chi connectivity index (χ2n) is 6.22. The van der Waals surface area contributed by atoms with Gasteiger partial charge in [-0.15, -0.1) is 0 Å². The lowest BCUT2D eigenvalue weighted by molar-refractivity contribution is 0.199. The Labute approximate surface area is 150 Å². The molecular formula is C20H19N5O. The lowest BCUT2D eigenvalue weighted by Gasteiger charge is -2.04. The average molecular weight is 345 g/mol. The summed E-state index contributed by atoms with van der Waals surface area (Å²) >= 11 is 0. The van der Waals surface area contributed by atoms with Crippen LogP contribution in [0, 0.1) is 11.3 Å². The van der Waals surface area contributed by atoms with Gasteiger partial charge < -0.3 is 15.0 Å². The van der Waals surface area contributed by atoms with Crippen molar-refractivity contribution in [2.75, 3.05) is 20.3 Å². The molecule has 0 aliphatic rings. The predicted octanol–water partition coefficient (Wildman–Crippen LogP) is 3.32. The molecule has 0 saturated heterocycles. The van der Waals surface area contributed by atoms with Crippen LogP contribution in [0.1, 0.15) is 11.1 Å². The van der Waals surface area contributed by atoms with E-state index in [9.17, 15) is 0 Å². The first-order chi connectivity index (χ1) is 12.8. The van der Waals surface area contributed by atoms with Gasteiger partial charge in [0.1, 0.15) is 5.69 Å². The fraction of sp³-hybridized carbons (Fsp3) is 0.200. The number of ether oxygens (including phenoxy) is 1. The van der Waals surface area contributed by atoms with Crippen molar-refractivity contribution in [2.24, 2.45) is 0 Å². The summed E-state index contributed by atoms with van der Waals surface area (Å²) in [7, 11) is 1.70. The van der Waals surface area contributed by atoms with Crippen LogP contribution >= 0.6 is 0 Å². The second kappa shape index (κ2) is 7.00. The molecule has 2 aromatic heterocycles. The lowest BCUT2D eigenvalue weighted by atomic mass is 10.1. The molecule has 26 heavy (non-hydrogen) atoms. The summed E-state index contributed by atoms with van der Waals surface area (Å²) in [5.74, 6) is 0. The Kier molecular flexibility index (Phi) is 4.40. The van der Waals surface area contributed by atoms with Crippen LogP contribution in [0.5, 0.6) is 0 Å². The van der Waals surface area contributed by atoms with Crippen LogP contribution in [0.15, 0.2) is 42.5 Å². The highest BCUT2D eigenvalue weighted by molar-refractivity contribution is 5.96. The summed E-state index contributed by atoms with van der Waals surface area (Å²) in [6.07, 6.45) is 0. The van der Waals surface area contributed by atoms with Crippen molar-refractivity contribution in [1.29, 1.82) is 5.26 Å². The fourth-order valence-electron chi connectivity index (χ4n) is 3.11. The zero-order valence-electron chi connectivity index (χ0n) is 14.5. The first-order valence-electron chi connectivity index (χ1n) is 8.48. The molecule has 6 nitrogen and oxygen atoms in total. The molecule has 4 aromatic rings. The smallest absolute Gasteiger partial charge is 0.116 e. The molecule has 3 N–H and O–H groups in total. The number of rotatable bonds is 6. The van der Waals surface area contributed by atoms with Crippen molar-refractivity contribution in [3.05, 3.63) is 53.6 Å². The van der Waals surface area contributed by atoms with Gasteiger partial charge in [-0.05, 0) is 35.9 Å². The third-order valence-corrected chi connectivity index (χ3v) is 4.45. The molecule has 0 atom stereocenters. The van der Waals surface area contributed by atoms with E-state index < -0.39 is 0 Å². The molecule has 0 saturated carbocycles. The summed E-state index contributed by atoms with van der Waals surface area (Å²) < 4.78 is 5.05. The molecule has 0 aliphatic carbocycles. The van der Waals surface area contributed by atoms with Crippen molar-refractivity contribution in [3.8, 4) is 17.5 Å². The number of benzene rings is 2. The topological polar surface area (TPSA) is 89.5 Å². The van der Waals surface area contributed by atoms with Gasteiger partial charge in [-0.1, -0.05) is 12.1 Å². The van der Waals surface area contributed by atoms with E-state index in [1.165, 1.54) is 5.56 Å². The number of aromatic nitrogens is 3. The van der Waals surface area contributed by atoms with Crippen LogP contribution in [0.25, 0.3) is 33.2 Å². The van der Waals surface area contributed by atoms with E-state index in [1.807, 2.05) is 18.2 Å². The summed E-state index contributed by atoms with van der Waals surface area (Å²) in [5, 5.41) is 22.0. The summed E-state index contributed by atoms with van der Waals surface area (Å²) in [5.41, 5.74) is 5.60.